The van der Waals surface area contributed by atoms with E-state index in [2.05, 4.69) is 5.32 Å². The molecule has 0 heterocycles. The molecule has 0 unspecified atom stereocenters. The fourth-order valence-electron chi connectivity index (χ4n) is 1.56. The Morgan fingerprint density at radius 1 is 1.33 bits per heavy atom. The van der Waals surface area contributed by atoms with Crippen molar-refractivity contribution < 1.29 is 27.4 Å². The Kier molecular flexibility index (Phi) is 6.60. The average Bonchev–Trinajstić information content (AvgIpc) is 2.43. The first-order valence-corrected chi connectivity index (χ1v) is 6.15. The molecule has 3 N–H and O–H groups in total. The van der Waals surface area contributed by atoms with Crippen LogP contribution in [0.5, 0.6) is 0 Å². The van der Waals surface area contributed by atoms with Crippen molar-refractivity contribution >= 4 is 11.6 Å². The van der Waals surface area contributed by atoms with Crippen LogP contribution in [0.4, 0.5) is 18.9 Å². The number of ether oxygens (including phenoxy) is 2. The second kappa shape index (κ2) is 7.96. The Hall–Kier alpha value is -1.64. The zero-order chi connectivity index (χ0) is 15.9. The van der Waals surface area contributed by atoms with Crippen LogP contribution in [0.15, 0.2) is 18.2 Å². The lowest BCUT2D eigenvalue weighted by atomic mass is 10.1. The highest BCUT2D eigenvalue weighted by molar-refractivity contribution is 5.92. The van der Waals surface area contributed by atoms with Gasteiger partial charge in [-0.2, -0.15) is 13.2 Å². The van der Waals surface area contributed by atoms with Gasteiger partial charge in [0.05, 0.1) is 24.5 Å². The fraction of sp³-hybridized carbons (Fsp3) is 0.462. The minimum atomic E-state index is -4.58. The number of hydrogen-bond donors (Lipinski definition) is 2. The maximum atomic E-state index is 12.9. The standard InChI is InChI=1S/C13H17F3N2O3/c1-20-4-5-21-8-12(19)18-11-3-2-9(7-17)6-10(11)13(14,15)16/h2-3,6H,4-5,7-8,17H2,1H3,(H,18,19). The lowest BCUT2D eigenvalue weighted by Gasteiger charge is -2.15. The molecule has 1 amide bonds. The number of anilines is 1. The molecule has 0 aliphatic carbocycles. The van der Waals surface area contributed by atoms with Gasteiger partial charge in [0.25, 0.3) is 0 Å². The second-order valence-corrected chi connectivity index (χ2v) is 4.18. The van der Waals surface area contributed by atoms with Crippen LogP contribution in [0.2, 0.25) is 0 Å². The van der Waals surface area contributed by atoms with E-state index in [4.69, 9.17) is 15.2 Å². The van der Waals surface area contributed by atoms with Gasteiger partial charge in [0, 0.05) is 13.7 Å². The molecule has 1 rings (SSSR count). The zero-order valence-corrected chi connectivity index (χ0v) is 11.5. The smallest absolute Gasteiger partial charge is 0.382 e. The lowest BCUT2D eigenvalue weighted by molar-refractivity contribution is -0.137. The van der Waals surface area contributed by atoms with E-state index < -0.39 is 17.6 Å². The van der Waals surface area contributed by atoms with Gasteiger partial charge < -0.3 is 20.5 Å². The molecule has 0 aromatic heterocycles. The number of methoxy groups -OCH3 is 1. The molecular formula is C13H17F3N2O3. The van der Waals surface area contributed by atoms with Crippen LogP contribution in [-0.4, -0.2) is 32.8 Å². The lowest BCUT2D eigenvalue weighted by Crippen LogP contribution is -2.22. The maximum Gasteiger partial charge on any atom is 0.418 e. The van der Waals surface area contributed by atoms with E-state index in [-0.39, 0.29) is 25.4 Å². The number of amides is 1. The predicted octanol–water partition coefficient (Wildman–Crippen LogP) is 1.77. The Labute approximate surface area is 120 Å². The number of carbonyl (C=O) groups is 1. The van der Waals surface area contributed by atoms with E-state index in [1.54, 1.807) is 0 Å². The number of carbonyl (C=O) groups excluding carboxylic acids is 1. The molecule has 0 atom stereocenters. The van der Waals surface area contributed by atoms with Gasteiger partial charge in [-0.1, -0.05) is 6.07 Å². The van der Waals surface area contributed by atoms with E-state index in [9.17, 15) is 18.0 Å². The maximum absolute atomic E-state index is 12.9. The Morgan fingerprint density at radius 3 is 2.62 bits per heavy atom. The fourth-order valence-corrected chi connectivity index (χ4v) is 1.56. The van der Waals surface area contributed by atoms with Crippen LogP contribution in [0.1, 0.15) is 11.1 Å². The van der Waals surface area contributed by atoms with E-state index in [1.165, 1.54) is 19.2 Å². The summed E-state index contributed by atoms with van der Waals surface area (Å²) in [6.45, 7) is 0.116. The summed E-state index contributed by atoms with van der Waals surface area (Å²) in [4.78, 5) is 11.5. The van der Waals surface area contributed by atoms with Crippen LogP contribution in [-0.2, 0) is 27.0 Å². The van der Waals surface area contributed by atoms with Gasteiger partial charge in [-0.05, 0) is 17.7 Å². The molecule has 5 nitrogen and oxygen atoms in total. The molecule has 21 heavy (non-hydrogen) atoms. The molecule has 8 heteroatoms. The van der Waals surface area contributed by atoms with Gasteiger partial charge in [-0.25, -0.2) is 0 Å². The third kappa shape index (κ3) is 5.70. The van der Waals surface area contributed by atoms with Gasteiger partial charge in [0.2, 0.25) is 5.91 Å². The highest BCUT2D eigenvalue weighted by Gasteiger charge is 2.34. The van der Waals surface area contributed by atoms with Crippen LogP contribution < -0.4 is 11.1 Å². The minimum Gasteiger partial charge on any atom is -0.382 e. The van der Waals surface area contributed by atoms with Crippen molar-refractivity contribution in [2.45, 2.75) is 12.7 Å². The zero-order valence-electron chi connectivity index (χ0n) is 11.5. The first kappa shape index (κ1) is 17.4. The van der Waals surface area contributed by atoms with Gasteiger partial charge in [-0.15, -0.1) is 0 Å². The number of alkyl halides is 3. The van der Waals surface area contributed by atoms with Crippen molar-refractivity contribution in [1.29, 1.82) is 0 Å². The Balaban J connectivity index is 2.76. The second-order valence-electron chi connectivity index (χ2n) is 4.18. The molecule has 0 aliphatic heterocycles. The summed E-state index contributed by atoms with van der Waals surface area (Å²) < 4.78 is 48.4. The first-order chi connectivity index (χ1) is 9.88. The van der Waals surface area contributed by atoms with Gasteiger partial charge in [0.15, 0.2) is 0 Å². The normalized spacial score (nSPS) is 11.5. The van der Waals surface area contributed by atoms with Crippen molar-refractivity contribution in [3.05, 3.63) is 29.3 Å². The van der Waals surface area contributed by atoms with Crippen LogP contribution in [0.25, 0.3) is 0 Å². The molecule has 0 saturated carbocycles. The summed E-state index contributed by atoms with van der Waals surface area (Å²) in [6, 6.07) is 3.52. The van der Waals surface area contributed by atoms with E-state index in [0.29, 0.717) is 12.2 Å². The summed E-state index contributed by atoms with van der Waals surface area (Å²) >= 11 is 0. The number of benzene rings is 1. The summed E-state index contributed by atoms with van der Waals surface area (Å²) in [5, 5.41) is 2.18. The van der Waals surface area contributed by atoms with Gasteiger partial charge in [-0.3, -0.25) is 4.79 Å². The molecule has 0 fully saturated rings. The number of hydrogen-bond acceptors (Lipinski definition) is 4. The van der Waals surface area contributed by atoms with Crippen LogP contribution >= 0.6 is 0 Å². The highest BCUT2D eigenvalue weighted by Crippen LogP contribution is 2.35. The van der Waals surface area contributed by atoms with Crippen molar-refractivity contribution in [3.8, 4) is 0 Å². The number of nitrogens with one attached hydrogen (secondary N) is 1. The third-order valence-corrected chi connectivity index (χ3v) is 2.56. The topological polar surface area (TPSA) is 73.6 Å². The summed E-state index contributed by atoms with van der Waals surface area (Å²) in [7, 11) is 1.47. The number of rotatable bonds is 7. The van der Waals surface area contributed by atoms with Crippen LogP contribution in [0.3, 0.4) is 0 Å². The average molecular weight is 306 g/mol. The van der Waals surface area contributed by atoms with Crippen LogP contribution in [0, 0.1) is 0 Å². The van der Waals surface area contributed by atoms with Gasteiger partial charge >= 0.3 is 6.18 Å². The predicted molar refractivity (Wildman–Crippen MR) is 70.7 cm³/mol. The van der Waals surface area contributed by atoms with Crippen molar-refractivity contribution in [2.75, 3.05) is 32.2 Å². The molecular weight excluding hydrogens is 289 g/mol. The molecule has 1 aromatic rings. The monoisotopic (exact) mass is 306 g/mol. The molecule has 0 spiro atoms. The Morgan fingerprint density at radius 2 is 2.05 bits per heavy atom. The van der Waals surface area contributed by atoms with E-state index in [1.807, 2.05) is 0 Å². The van der Waals surface area contributed by atoms with Crippen molar-refractivity contribution in [2.24, 2.45) is 5.73 Å². The van der Waals surface area contributed by atoms with Crippen molar-refractivity contribution in [1.82, 2.24) is 0 Å². The van der Waals surface area contributed by atoms with Gasteiger partial charge in [0.1, 0.15) is 6.61 Å². The summed E-state index contributed by atoms with van der Waals surface area (Å²) in [6.07, 6.45) is -4.58. The molecule has 0 saturated heterocycles. The van der Waals surface area contributed by atoms with E-state index >= 15 is 0 Å². The van der Waals surface area contributed by atoms with E-state index in [0.717, 1.165) is 6.07 Å². The first-order valence-electron chi connectivity index (χ1n) is 6.15. The largest absolute Gasteiger partial charge is 0.418 e. The Bertz CT molecular complexity index is 478. The minimum absolute atomic E-state index is 0.0164. The molecule has 1 aromatic carbocycles. The quantitative estimate of drug-likeness (QED) is 0.753. The molecule has 118 valence electrons. The summed E-state index contributed by atoms with van der Waals surface area (Å²) in [5.74, 6) is -0.669. The number of nitrogens with two attached hydrogens (primary N) is 1. The molecule has 0 radical (unpaired) electrons. The SMILES string of the molecule is COCCOCC(=O)Nc1ccc(CN)cc1C(F)(F)F. The third-order valence-electron chi connectivity index (χ3n) is 2.56. The molecule has 0 bridgehead atoms. The van der Waals surface area contributed by atoms with Crippen molar-refractivity contribution in [3.63, 3.8) is 0 Å². The number of halogens is 3. The molecule has 0 aliphatic rings. The highest BCUT2D eigenvalue weighted by atomic mass is 19.4. The summed E-state index contributed by atoms with van der Waals surface area (Å²) in [5.41, 5.74) is 4.40.